The summed E-state index contributed by atoms with van der Waals surface area (Å²) in [4.78, 5) is 8.14. The summed E-state index contributed by atoms with van der Waals surface area (Å²) in [5, 5.41) is 8.98. The van der Waals surface area contributed by atoms with Crippen molar-refractivity contribution in [2.24, 2.45) is 5.73 Å². The van der Waals surface area contributed by atoms with Gasteiger partial charge < -0.3 is 15.6 Å². The monoisotopic (exact) mass is 245 g/mol. The first kappa shape index (κ1) is 12.5. The molecule has 0 radical (unpaired) electrons. The number of ether oxygens (including phenoxy) is 1. The number of aliphatic hydroxyl groups is 1. The van der Waals surface area contributed by atoms with Gasteiger partial charge in [-0.05, 0) is 18.1 Å². The summed E-state index contributed by atoms with van der Waals surface area (Å²) >= 11 is 0. The number of rotatable bonds is 5. The van der Waals surface area contributed by atoms with Crippen molar-refractivity contribution < 1.29 is 9.84 Å². The van der Waals surface area contributed by atoms with E-state index in [2.05, 4.69) is 9.97 Å². The van der Waals surface area contributed by atoms with E-state index in [1.54, 1.807) is 12.4 Å². The van der Waals surface area contributed by atoms with Crippen LogP contribution in [0, 0.1) is 0 Å². The molecule has 5 nitrogen and oxygen atoms in total. The number of hydrogen-bond acceptors (Lipinski definition) is 5. The molecule has 1 aromatic heterocycles. The molecule has 0 aliphatic carbocycles. The molecule has 0 aliphatic rings. The number of nitrogens with two attached hydrogens (primary N) is 1. The summed E-state index contributed by atoms with van der Waals surface area (Å²) in [6.45, 7) is 0.481. The Morgan fingerprint density at radius 1 is 1.17 bits per heavy atom. The van der Waals surface area contributed by atoms with Crippen LogP contribution >= 0.6 is 0 Å². The number of hydrogen-bond donors (Lipinski definition) is 2. The fourth-order valence-electron chi connectivity index (χ4n) is 1.53. The number of nitrogens with zero attached hydrogens (tertiary/aromatic N) is 2. The van der Waals surface area contributed by atoms with Crippen molar-refractivity contribution >= 4 is 0 Å². The fourth-order valence-corrected chi connectivity index (χ4v) is 1.53. The van der Waals surface area contributed by atoms with E-state index < -0.39 is 0 Å². The molecule has 0 aliphatic heterocycles. The van der Waals surface area contributed by atoms with Gasteiger partial charge in [-0.3, -0.25) is 0 Å². The minimum Gasteiger partial charge on any atom is -0.424 e. The maximum atomic E-state index is 8.98. The molecular formula is C13H15N3O2. The molecule has 0 spiro atoms. The lowest BCUT2D eigenvalue weighted by Crippen LogP contribution is -2.00. The predicted molar refractivity (Wildman–Crippen MR) is 67.2 cm³/mol. The summed E-state index contributed by atoms with van der Waals surface area (Å²) < 4.78 is 5.59. The number of aliphatic hydroxyl groups excluding tert-OH is 1. The third kappa shape index (κ3) is 3.03. The molecule has 0 amide bonds. The molecule has 0 unspecified atom stereocenters. The highest BCUT2D eigenvalue weighted by Crippen LogP contribution is 2.22. The quantitative estimate of drug-likeness (QED) is 0.828. The van der Waals surface area contributed by atoms with Crippen molar-refractivity contribution in [1.29, 1.82) is 0 Å². The van der Waals surface area contributed by atoms with Crippen LogP contribution in [-0.2, 0) is 13.0 Å². The van der Waals surface area contributed by atoms with Gasteiger partial charge in [0.25, 0.3) is 0 Å². The molecule has 2 aromatic rings. The molecule has 94 valence electrons. The zero-order valence-corrected chi connectivity index (χ0v) is 9.91. The van der Waals surface area contributed by atoms with Gasteiger partial charge in [-0.2, -0.15) is 0 Å². The number of aromatic nitrogens is 2. The normalized spacial score (nSPS) is 10.3. The van der Waals surface area contributed by atoms with Crippen LogP contribution in [0.25, 0.3) is 0 Å². The van der Waals surface area contributed by atoms with E-state index >= 15 is 0 Å². The van der Waals surface area contributed by atoms with Crippen LogP contribution in [-0.4, -0.2) is 21.7 Å². The second kappa shape index (κ2) is 6.09. The summed E-state index contributed by atoms with van der Waals surface area (Å²) in [6, 6.07) is 7.77. The second-order valence-corrected chi connectivity index (χ2v) is 3.76. The van der Waals surface area contributed by atoms with E-state index in [1.165, 1.54) is 0 Å². The van der Waals surface area contributed by atoms with Gasteiger partial charge in [0.05, 0.1) is 0 Å². The minimum atomic E-state index is 0.0767. The molecule has 2 rings (SSSR count). The SMILES string of the molecule is NCc1cnc(Oc2ccccc2CCO)nc1. The molecule has 0 fully saturated rings. The standard InChI is InChI=1S/C13H15N3O2/c14-7-10-8-15-13(16-9-10)18-12-4-2-1-3-11(12)5-6-17/h1-4,8-9,17H,5-7,14H2. The van der Waals surface area contributed by atoms with Gasteiger partial charge in [0, 0.05) is 31.1 Å². The van der Waals surface area contributed by atoms with E-state index in [0.717, 1.165) is 11.1 Å². The van der Waals surface area contributed by atoms with Crippen molar-refractivity contribution in [3.8, 4) is 11.8 Å². The third-order valence-corrected chi connectivity index (χ3v) is 2.47. The summed E-state index contributed by atoms with van der Waals surface area (Å²) in [7, 11) is 0. The summed E-state index contributed by atoms with van der Waals surface area (Å²) in [5.41, 5.74) is 7.24. The Morgan fingerprint density at radius 2 is 1.89 bits per heavy atom. The zero-order valence-electron chi connectivity index (χ0n) is 9.91. The molecule has 0 saturated carbocycles. The van der Waals surface area contributed by atoms with Crippen LogP contribution in [0.15, 0.2) is 36.7 Å². The van der Waals surface area contributed by atoms with Crippen LogP contribution in [0.1, 0.15) is 11.1 Å². The van der Waals surface area contributed by atoms with E-state index in [9.17, 15) is 0 Å². The highest BCUT2D eigenvalue weighted by atomic mass is 16.5. The smallest absolute Gasteiger partial charge is 0.321 e. The molecule has 1 heterocycles. The molecule has 0 atom stereocenters. The summed E-state index contributed by atoms with van der Waals surface area (Å²) in [6.07, 6.45) is 3.81. The van der Waals surface area contributed by atoms with Crippen molar-refractivity contribution in [1.82, 2.24) is 9.97 Å². The molecule has 0 saturated heterocycles. The Bertz CT molecular complexity index is 500. The van der Waals surface area contributed by atoms with E-state index in [-0.39, 0.29) is 12.6 Å². The maximum Gasteiger partial charge on any atom is 0.321 e. The molecule has 5 heteroatoms. The zero-order chi connectivity index (χ0) is 12.8. The topological polar surface area (TPSA) is 81.3 Å². The molecule has 3 N–H and O–H groups in total. The third-order valence-electron chi connectivity index (χ3n) is 2.47. The first-order valence-electron chi connectivity index (χ1n) is 5.71. The highest BCUT2D eigenvalue weighted by Gasteiger charge is 2.05. The average Bonchev–Trinajstić information content (AvgIpc) is 2.42. The lowest BCUT2D eigenvalue weighted by atomic mass is 10.1. The van der Waals surface area contributed by atoms with Crippen molar-refractivity contribution in [3.05, 3.63) is 47.8 Å². The van der Waals surface area contributed by atoms with Crippen LogP contribution < -0.4 is 10.5 Å². The number of benzene rings is 1. The van der Waals surface area contributed by atoms with Gasteiger partial charge in [-0.15, -0.1) is 0 Å². The van der Waals surface area contributed by atoms with Crippen LogP contribution in [0.3, 0.4) is 0 Å². The van der Waals surface area contributed by atoms with Crippen molar-refractivity contribution in [2.75, 3.05) is 6.61 Å². The Morgan fingerprint density at radius 3 is 2.56 bits per heavy atom. The molecular weight excluding hydrogens is 230 g/mol. The highest BCUT2D eigenvalue weighted by molar-refractivity contribution is 5.35. The van der Waals surface area contributed by atoms with Gasteiger partial charge in [0.2, 0.25) is 0 Å². The van der Waals surface area contributed by atoms with E-state index in [4.69, 9.17) is 15.6 Å². The predicted octanol–water partition coefficient (Wildman–Crippen LogP) is 1.26. The maximum absolute atomic E-state index is 8.98. The second-order valence-electron chi connectivity index (χ2n) is 3.76. The minimum absolute atomic E-state index is 0.0767. The van der Waals surface area contributed by atoms with Gasteiger partial charge >= 0.3 is 6.01 Å². The Labute approximate surface area is 105 Å². The van der Waals surface area contributed by atoms with E-state index in [1.807, 2.05) is 24.3 Å². The van der Waals surface area contributed by atoms with Gasteiger partial charge in [0.15, 0.2) is 0 Å². The first-order chi connectivity index (χ1) is 8.83. The molecule has 1 aromatic carbocycles. The molecule has 0 bridgehead atoms. The van der Waals surface area contributed by atoms with Crippen molar-refractivity contribution in [3.63, 3.8) is 0 Å². The Hall–Kier alpha value is -1.98. The first-order valence-corrected chi connectivity index (χ1v) is 5.71. The Balaban J connectivity index is 2.17. The Kier molecular flexibility index (Phi) is 4.22. The number of para-hydroxylation sites is 1. The van der Waals surface area contributed by atoms with Crippen molar-refractivity contribution in [2.45, 2.75) is 13.0 Å². The van der Waals surface area contributed by atoms with Gasteiger partial charge in [-0.1, -0.05) is 18.2 Å². The largest absolute Gasteiger partial charge is 0.424 e. The average molecular weight is 245 g/mol. The van der Waals surface area contributed by atoms with Crippen LogP contribution in [0.2, 0.25) is 0 Å². The molecule has 18 heavy (non-hydrogen) atoms. The van der Waals surface area contributed by atoms with Crippen LogP contribution in [0.4, 0.5) is 0 Å². The lowest BCUT2D eigenvalue weighted by molar-refractivity contribution is 0.297. The fraction of sp³-hybridized carbons (Fsp3) is 0.231. The lowest BCUT2D eigenvalue weighted by Gasteiger charge is -2.08. The van der Waals surface area contributed by atoms with E-state index in [0.29, 0.717) is 18.7 Å². The van der Waals surface area contributed by atoms with Gasteiger partial charge in [0.1, 0.15) is 5.75 Å². The van der Waals surface area contributed by atoms with Crippen LogP contribution in [0.5, 0.6) is 11.8 Å². The summed E-state index contributed by atoms with van der Waals surface area (Å²) in [5.74, 6) is 0.659. The van der Waals surface area contributed by atoms with Gasteiger partial charge in [-0.25, -0.2) is 9.97 Å².